The van der Waals surface area contributed by atoms with Gasteiger partial charge in [0.15, 0.2) is 0 Å². The van der Waals surface area contributed by atoms with E-state index >= 15 is 0 Å². The van der Waals surface area contributed by atoms with Crippen molar-refractivity contribution in [1.29, 1.82) is 0 Å². The molecule has 0 radical (unpaired) electrons. The normalized spacial score (nSPS) is 40.3. The molecule has 0 aromatic heterocycles. The second-order valence-corrected chi connectivity index (χ2v) is 7.78. The van der Waals surface area contributed by atoms with E-state index in [-0.39, 0.29) is 21.2 Å². The van der Waals surface area contributed by atoms with Crippen molar-refractivity contribution in [2.24, 2.45) is 16.2 Å². The lowest BCUT2D eigenvalue weighted by molar-refractivity contribution is -0.538. The molecular formula is C19H25NO2. The predicted molar refractivity (Wildman–Crippen MR) is 88.2 cm³/mol. The number of hydrogen-bond donors (Lipinski definition) is 0. The Labute approximate surface area is 132 Å². The quantitative estimate of drug-likeness (QED) is 0.463. The van der Waals surface area contributed by atoms with Crippen molar-refractivity contribution in [3.8, 4) is 0 Å². The summed E-state index contributed by atoms with van der Waals surface area (Å²) >= 11 is 0. The standard InChI is InChI=1S/C19H25NO2/c1-13-14(2)19(5)16(20(21)22)12-17(13,3)18(19,4)11-15-9-7-6-8-10-15/h6-10,16H,11-12H2,1-5H3/t16-,17-,18+,19-/m0/s1. The molecule has 0 spiro atoms. The number of hydrogen-bond acceptors (Lipinski definition) is 2. The van der Waals surface area contributed by atoms with Crippen LogP contribution < -0.4 is 0 Å². The topological polar surface area (TPSA) is 43.1 Å². The lowest BCUT2D eigenvalue weighted by Crippen LogP contribution is -2.45. The van der Waals surface area contributed by atoms with Crippen molar-refractivity contribution in [2.75, 3.05) is 0 Å². The van der Waals surface area contributed by atoms with Gasteiger partial charge in [-0.1, -0.05) is 55.3 Å². The third kappa shape index (κ3) is 1.52. The Morgan fingerprint density at radius 1 is 1.14 bits per heavy atom. The minimum Gasteiger partial charge on any atom is -0.264 e. The number of rotatable bonds is 3. The molecule has 0 unspecified atom stereocenters. The number of fused-ring (bicyclic) bond motifs is 2. The molecule has 2 aliphatic carbocycles. The first-order valence-corrected chi connectivity index (χ1v) is 8.04. The van der Waals surface area contributed by atoms with Crippen LogP contribution in [-0.4, -0.2) is 11.0 Å². The summed E-state index contributed by atoms with van der Waals surface area (Å²) in [6.07, 6.45) is 1.54. The van der Waals surface area contributed by atoms with Crippen LogP contribution in [0, 0.1) is 26.4 Å². The maximum absolute atomic E-state index is 11.7. The zero-order chi connectivity index (χ0) is 16.3. The van der Waals surface area contributed by atoms with Gasteiger partial charge in [0.2, 0.25) is 6.04 Å². The number of allylic oxidation sites excluding steroid dienone is 1. The van der Waals surface area contributed by atoms with E-state index in [9.17, 15) is 10.1 Å². The summed E-state index contributed by atoms with van der Waals surface area (Å²) in [5.74, 6) is 0. The SMILES string of the molecule is CC1=C(C)[C@@]2(C)[C@@H]([N+](=O)[O-])C[C@]1(C)[C@@]2(C)Cc1ccccc1. The van der Waals surface area contributed by atoms with Crippen LogP contribution in [0.4, 0.5) is 0 Å². The van der Waals surface area contributed by atoms with Gasteiger partial charge in [0.25, 0.3) is 0 Å². The van der Waals surface area contributed by atoms with Gasteiger partial charge >= 0.3 is 0 Å². The monoisotopic (exact) mass is 299 g/mol. The van der Waals surface area contributed by atoms with Gasteiger partial charge < -0.3 is 0 Å². The molecule has 0 heterocycles. The van der Waals surface area contributed by atoms with Gasteiger partial charge in [0.1, 0.15) is 0 Å². The van der Waals surface area contributed by atoms with E-state index in [0.29, 0.717) is 6.42 Å². The van der Waals surface area contributed by atoms with Crippen molar-refractivity contribution in [3.05, 3.63) is 57.2 Å². The van der Waals surface area contributed by atoms with Gasteiger partial charge in [0.05, 0.1) is 5.41 Å². The summed E-state index contributed by atoms with van der Waals surface area (Å²) in [5.41, 5.74) is 3.29. The van der Waals surface area contributed by atoms with E-state index in [1.165, 1.54) is 16.7 Å². The Kier molecular flexibility index (Phi) is 3.08. The van der Waals surface area contributed by atoms with Crippen LogP contribution >= 0.6 is 0 Å². The smallest absolute Gasteiger partial charge is 0.223 e. The number of nitrogens with zero attached hydrogens (tertiary/aromatic N) is 1. The second kappa shape index (κ2) is 4.43. The van der Waals surface area contributed by atoms with Crippen LogP contribution in [0.2, 0.25) is 0 Å². The summed E-state index contributed by atoms with van der Waals surface area (Å²) in [6, 6.07) is 9.93. The number of benzene rings is 1. The molecule has 3 nitrogen and oxygen atoms in total. The van der Waals surface area contributed by atoms with Crippen LogP contribution in [0.1, 0.15) is 46.6 Å². The largest absolute Gasteiger partial charge is 0.264 e. The lowest BCUT2D eigenvalue weighted by Gasteiger charge is -2.43. The summed E-state index contributed by atoms with van der Waals surface area (Å²) in [5, 5.41) is 11.7. The number of nitro groups is 1. The van der Waals surface area contributed by atoms with Crippen LogP contribution in [0.5, 0.6) is 0 Å². The maximum atomic E-state index is 11.7. The van der Waals surface area contributed by atoms with Crippen molar-refractivity contribution < 1.29 is 4.92 Å². The van der Waals surface area contributed by atoms with E-state index in [2.05, 4.69) is 58.9 Å². The average Bonchev–Trinajstić information content (AvgIpc) is 2.71. The summed E-state index contributed by atoms with van der Waals surface area (Å²) in [6.45, 7) is 10.9. The highest BCUT2D eigenvalue weighted by Crippen LogP contribution is 2.75. The Morgan fingerprint density at radius 3 is 2.27 bits per heavy atom. The van der Waals surface area contributed by atoms with Crippen LogP contribution in [0.15, 0.2) is 41.5 Å². The highest BCUT2D eigenvalue weighted by atomic mass is 16.6. The Bertz CT molecular complexity index is 665. The fourth-order valence-electron chi connectivity index (χ4n) is 5.46. The van der Waals surface area contributed by atoms with Crippen molar-refractivity contribution in [1.82, 2.24) is 0 Å². The third-order valence-corrected chi connectivity index (χ3v) is 7.46. The van der Waals surface area contributed by atoms with Gasteiger partial charge in [-0.15, -0.1) is 0 Å². The highest BCUT2D eigenvalue weighted by Gasteiger charge is 2.75. The molecule has 1 aromatic rings. The fourth-order valence-corrected chi connectivity index (χ4v) is 5.46. The Balaban J connectivity index is 2.14. The third-order valence-electron chi connectivity index (χ3n) is 7.46. The zero-order valence-corrected chi connectivity index (χ0v) is 14.1. The summed E-state index contributed by atoms with van der Waals surface area (Å²) < 4.78 is 0. The first-order chi connectivity index (χ1) is 10.2. The minimum atomic E-state index is -0.477. The molecule has 4 atom stereocenters. The van der Waals surface area contributed by atoms with Gasteiger partial charge in [-0.3, -0.25) is 10.1 Å². The van der Waals surface area contributed by atoms with Gasteiger partial charge in [-0.2, -0.15) is 0 Å². The first kappa shape index (κ1) is 15.3. The van der Waals surface area contributed by atoms with Crippen molar-refractivity contribution in [2.45, 2.75) is 53.5 Å². The minimum absolute atomic E-state index is 0.0373. The molecule has 118 valence electrons. The fraction of sp³-hybridized carbons (Fsp3) is 0.579. The zero-order valence-electron chi connectivity index (χ0n) is 14.1. The summed E-state index contributed by atoms with van der Waals surface area (Å²) in [7, 11) is 0. The Morgan fingerprint density at radius 2 is 1.73 bits per heavy atom. The molecule has 1 saturated carbocycles. The van der Waals surface area contributed by atoms with Gasteiger partial charge in [-0.05, 0) is 38.2 Å². The van der Waals surface area contributed by atoms with Crippen LogP contribution in [0.25, 0.3) is 0 Å². The van der Waals surface area contributed by atoms with Gasteiger partial charge in [0, 0.05) is 16.8 Å². The lowest BCUT2D eigenvalue weighted by atomic mass is 9.58. The van der Waals surface area contributed by atoms with Crippen molar-refractivity contribution >= 4 is 0 Å². The second-order valence-electron chi connectivity index (χ2n) is 7.78. The molecule has 22 heavy (non-hydrogen) atoms. The highest BCUT2D eigenvalue weighted by molar-refractivity contribution is 5.44. The molecule has 0 saturated heterocycles. The molecule has 1 aromatic carbocycles. The van der Waals surface area contributed by atoms with Crippen molar-refractivity contribution in [3.63, 3.8) is 0 Å². The predicted octanol–water partition coefficient (Wildman–Crippen LogP) is 4.65. The molecule has 0 N–H and O–H groups in total. The van der Waals surface area contributed by atoms with Crippen LogP contribution in [-0.2, 0) is 6.42 Å². The van der Waals surface area contributed by atoms with E-state index in [1.807, 2.05) is 6.07 Å². The Hall–Kier alpha value is -1.64. The molecule has 1 fully saturated rings. The van der Waals surface area contributed by atoms with E-state index in [1.54, 1.807) is 0 Å². The average molecular weight is 299 g/mol. The van der Waals surface area contributed by atoms with Gasteiger partial charge in [-0.25, -0.2) is 0 Å². The molecule has 0 amide bonds. The van der Waals surface area contributed by atoms with E-state index in [4.69, 9.17) is 0 Å². The molecule has 3 rings (SSSR count). The van der Waals surface area contributed by atoms with E-state index in [0.717, 1.165) is 6.42 Å². The molecule has 0 aliphatic heterocycles. The maximum Gasteiger partial charge on any atom is 0.223 e. The van der Waals surface area contributed by atoms with E-state index < -0.39 is 6.04 Å². The molecule has 2 aliphatic rings. The molecule has 2 bridgehead atoms. The molecular weight excluding hydrogens is 274 g/mol. The summed E-state index contributed by atoms with van der Waals surface area (Å²) in [4.78, 5) is 11.7. The molecule has 3 heteroatoms. The first-order valence-electron chi connectivity index (χ1n) is 8.04. The van der Waals surface area contributed by atoms with Crippen LogP contribution in [0.3, 0.4) is 0 Å².